The number of nitriles is 1. The molecule has 0 radical (unpaired) electrons. The van der Waals surface area contributed by atoms with E-state index in [0.717, 1.165) is 13.0 Å². The number of rotatable bonds is 1. The lowest BCUT2D eigenvalue weighted by molar-refractivity contribution is 0.324. The second-order valence-corrected chi connectivity index (χ2v) is 4.93. The Balaban J connectivity index is 2.34. The van der Waals surface area contributed by atoms with Gasteiger partial charge in [0, 0.05) is 12.6 Å². The van der Waals surface area contributed by atoms with Gasteiger partial charge in [-0.3, -0.25) is 0 Å². The van der Waals surface area contributed by atoms with Crippen LogP contribution < -0.4 is 5.32 Å². The maximum atomic E-state index is 8.69. The van der Waals surface area contributed by atoms with Gasteiger partial charge in [0.05, 0.1) is 12.0 Å². The lowest BCUT2D eigenvalue weighted by atomic mass is 9.87. The molecular weight excluding hydrogens is 148 g/mol. The Morgan fingerprint density at radius 1 is 1.50 bits per heavy atom. The maximum Gasteiger partial charge on any atom is 0.0669 e. The van der Waals surface area contributed by atoms with E-state index in [1.54, 1.807) is 0 Å². The second-order valence-electron chi connectivity index (χ2n) is 4.93. The molecule has 0 saturated carbocycles. The summed E-state index contributed by atoms with van der Waals surface area (Å²) in [5.41, 5.74) is 0.377. The average Bonchev–Trinajstić information content (AvgIpc) is 2.32. The monoisotopic (exact) mass is 166 g/mol. The minimum Gasteiger partial charge on any atom is -0.313 e. The van der Waals surface area contributed by atoms with Gasteiger partial charge in [0.15, 0.2) is 0 Å². The van der Waals surface area contributed by atoms with Crippen LogP contribution in [0.25, 0.3) is 0 Å². The zero-order valence-electron chi connectivity index (χ0n) is 8.22. The Hall–Kier alpha value is -0.550. The zero-order valence-corrected chi connectivity index (χ0v) is 8.22. The van der Waals surface area contributed by atoms with Crippen molar-refractivity contribution in [1.29, 1.82) is 5.26 Å². The van der Waals surface area contributed by atoms with Crippen LogP contribution in [0, 0.1) is 22.7 Å². The molecule has 0 spiro atoms. The summed E-state index contributed by atoms with van der Waals surface area (Å²) in [4.78, 5) is 0. The average molecular weight is 166 g/mol. The molecule has 1 aliphatic heterocycles. The molecule has 1 N–H and O–H groups in total. The third-order valence-electron chi connectivity index (χ3n) is 2.26. The van der Waals surface area contributed by atoms with Crippen LogP contribution in [-0.4, -0.2) is 12.6 Å². The van der Waals surface area contributed by atoms with Gasteiger partial charge in [0.2, 0.25) is 0 Å². The normalized spacial score (nSPS) is 30.2. The molecule has 2 nitrogen and oxygen atoms in total. The van der Waals surface area contributed by atoms with Crippen molar-refractivity contribution in [2.45, 2.75) is 39.7 Å². The molecule has 12 heavy (non-hydrogen) atoms. The highest BCUT2D eigenvalue weighted by molar-refractivity contribution is 4.94. The van der Waals surface area contributed by atoms with E-state index in [0.29, 0.717) is 11.5 Å². The molecule has 1 aliphatic rings. The summed E-state index contributed by atoms with van der Waals surface area (Å²) in [5, 5.41) is 12.1. The van der Waals surface area contributed by atoms with Gasteiger partial charge in [-0.1, -0.05) is 20.8 Å². The molecule has 0 aromatic rings. The first-order valence-corrected chi connectivity index (χ1v) is 4.64. The third-order valence-corrected chi connectivity index (χ3v) is 2.26. The summed E-state index contributed by atoms with van der Waals surface area (Å²) in [7, 11) is 0. The Morgan fingerprint density at radius 2 is 2.17 bits per heavy atom. The highest BCUT2D eigenvalue weighted by Crippen LogP contribution is 2.26. The van der Waals surface area contributed by atoms with E-state index in [4.69, 9.17) is 5.26 Å². The highest BCUT2D eigenvalue weighted by atomic mass is 14.9. The standard InChI is InChI=1S/C10H18N2/c1-10(2,3)5-9-4-8(6-11)7-12-9/h8-9,12H,4-5,7H2,1-3H3/t8-,9+/m1/s1. The van der Waals surface area contributed by atoms with Crippen molar-refractivity contribution in [3.8, 4) is 6.07 Å². The molecule has 0 amide bonds. The fourth-order valence-corrected chi connectivity index (χ4v) is 1.81. The fourth-order valence-electron chi connectivity index (χ4n) is 1.81. The second kappa shape index (κ2) is 3.45. The van der Waals surface area contributed by atoms with E-state index in [1.165, 1.54) is 6.42 Å². The van der Waals surface area contributed by atoms with Crippen LogP contribution in [0.5, 0.6) is 0 Å². The number of nitrogens with zero attached hydrogens (tertiary/aromatic N) is 1. The van der Waals surface area contributed by atoms with Crippen LogP contribution in [0.2, 0.25) is 0 Å². The number of hydrogen-bond acceptors (Lipinski definition) is 2. The number of hydrogen-bond donors (Lipinski definition) is 1. The first-order valence-electron chi connectivity index (χ1n) is 4.64. The molecule has 0 aromatic carbocycles. The Labute approximate surface area is 75.0 Å². The van der Waals surface area contributed by atoms with Crippen molar-refractivity contribution < 1.29 is 0 Å². The van der Waals surface area contributed by atoms with Crippen LogP contribution in [0.1, 0.15) is 33.6 Å². The molecule has 0 unspecified atom stereocenters. The van der Waals surface area contributed by atoms with E-state index in [2.05, 4.69) is 32.2 Å². The van der Waals surface area contributed by atoms with Gasteiger partial charge >= 0.3 is 0 Å². The molecule has 1 rings (SSSR count). The van der Waals surface area contributed by atoms with Gasteiger partial charge in [-0.25, -0.2) is 0 Å². The van der Waals surface area contributed by atoms with Crippen LogP contribution in [-0.2, 0) is 0 Å². The first-order chi connectivity index (χ1) is 5.51. The highest BCUT2D eigenvalue weighted by Gasteiger charge is 2.27. The predicted molar refractivity (Wildman–Crippen MR) is 49.6 cm³/mol. The lowest BCUT2D eigenvalue weighted by Crippen LogP contribution is -2.26. The van der Waals surface area contributed by atoms with Gasteiger partial charge in [0.25, 0.3) is 0 Å². The van der Waals surface area contributed by atoms with Gasteiger partial charge < -0.3 is 5.32 Å². The zero-order chi connectivity index (χ0) is 9.19. The van der Waals surface area contributed by atoms with Crippen molar-refractivity contribution in [3.05, 3.63) is 0 Å². The van der Waals surface area contributed by atoms with E-state index in [1.807, 2.05) is 0 Å². The van der Waals surface area contributed by atoms with E-state index >= 15 is 0 Å². The molecule has 68 valence electrons. The van der Waals surface area contributed by atoms with E-state index < -0.39 is 0 Å². The minimum absolute atomic E-state index is 0.248. The van der Waals surface area contributed by atoms with Crippen molar-refractivity contribution >= 4 is 0 Å². The largest absolute Gasteiger partial charge is 0.313 e. The topological polar surface area (TPSA) is 35.8 Å². The maximum absolute atomic E-state index is 8.69. The quantitative estimate of drug-likeness (QED) is 0.646. The summed E-state index contributed by atoms with van der Waals surface area (Å²) in [6, 6.07) is 2.88. The van der Waals surface area contributed by atoms with Crippen LogP contribution in [0.4, 0.5) is 0 Å². The fraction of sp³-hybridized carbons (Fsp3) is 0.900. The molecule has 2 heteroatoms. The molecule has 2 atom stereocenters. The Morgan fingerprint density at radius 3 is 2.58 bits per heavy atom. The Kier molecular flexibility index (Phi) is 2.74. The molecule has 0 bridgehead atoms. The lowest BCUT2D eigenvalue weighted by Gasteiger charge is -2.22. The summed E-state index contributed by atoms with van der Waals surface area (Å²) < 4.78 is 0. The Bertz CT molecular complexity index is 185. The molecule has 1 fully saturated rings. The summed E-state index contributed by atoms with van der Waals surface area (Å²) in [6.45, 7) is 7.62. The smallest absolute Gasteiger partial charge is 0.0669 e. The van der Waals surface area contributed by atoms with Crippen molar-refractivity contribution in [2.24, 2.45) is 11.3 Å². The van der Waals surface area contributed by atoms with Gasteiger partial charge in [-0.05, 0) is 18.3 Å². The SMILES string of the molecule is CC(C)(C)C[C@@H]1C[C@H](C#N)CN1. The van der Waals surface area contributed by atoms with Gasteiger partial charge in [0.1, 0.15) is 0 Å². The molecular formula is C10H18N2. The van der Waals surface area contributed by atoms with Crippen molar-refractivity contribution in [3.63, 3.8) is 0 Å². The molecule has 0 aliphatic carbocycles. The summed E-state index contributed by atoms with van der Waals surface area (Å²) >= 11 is 0. The first kappa shape index (κ1) is 9.54. The minimum atomic E-state index is 0.248. The van der Waals surface area contributed by atoms with E-state index in [9.17, 15) is 0 Å². The summed E-state index contributed by atoms with van der Waals surface area (Å²) in [6.07, 6.45) is 2.21. The molecule has 0 aromatic heterocycles. The van der Waals surface area contributed by atoms with E-state index in [-0.39, 0.29) is 5.92 Å². The van der Waals surface area contributed by atoms with Crippen LogP contribution in [0.15, 0.2) is 0 Å². The predicted octanol–water partition coefficient (Wildman–Crippen LogP) is 1.92. The van der Waals surface area contributed by atoms with Gasteiger partial charge in [-0.15, -0.1) is 0 Å². The third kappa shape index (κ3) is 2.83. The van der Waals surface area contributed by atoms with Crippen LogP contribution in [0.3, 0.4) is 0 Å². The van der Waals surface area contributed by atoms with Crippen LogP contribution >= 0.6 is 0 Å². The van der Waals surface area contributed by atoms with Gasteiger partial charge in [-0.2, -0.15) is 5.26 Å². The van der Waals surface area contributed by atoms with Crippen molar-refractivity contribution in [1.82, 2.24) is 5.32 Å². The number of nitrogens with one attached hydrogen (secondary N) is 1. The molecule has 1 heterocycles. The molecule has 1 saturated heterocycles. The summed E-state index contributed by atoms with van der Waals surface area (Å²) in [5.74, 6) is 0.248. The van der Waals surface area contributed by atoms with Crippen molar-refractivity contribution in [2.75, 3.05) is 6.54 Å².